The Morgan fingerprint density at radius 1 is 1.30 bits per heavy atom. The fourth-order valence-electron chi connectivity index (χ4n) is 7.81. The predicted octanol–water partition coefficient (Wildman–Crippen LogP) is 4.38. The molecule has 0 radical (unpaired) electrons. The van der Waals surface area contributed by atoms with Gasteiger partial charge in [0.1, 0.15) is 6.10 Å². The molecule has 0 aromatic carbocycles. The lowest BCUT2D eigenvalue weighted by atomic mass is 9.44. The fraction of sp³-hybridized carbons (Fsp3) is 0.826. The Morgan fingerprint density at radius 3 is 2.78 bits per heavy atom. The summed E-state index contributed by atoms with van der Waals surface area (Å²) in [5, 5.41) is 19.5. The van der Waals surface area contributed by atoms with Crippen molar-refractivity contribution in [2.75, 3.05) is 0 Å². The number of esters is 1. The number of carbonyl (C=O) groups is 1. The number of rotatable bonds is 1. The third-order valence-electron chi connectivity index (χ3n) is 8.95. The van der Waals surface area contributed by atoms with Crippen LogP contribution in [0.25, 0.3) is 0 Å². The zero-order valence-corrected chi connectivity index (χ0v) is 16.9. The van der Waals surface area contributed by atoms with Gasteiger partial charge >= 0.3 is 5.97 Å². The summed E-state index contributed by atoms with van der Waals surface area (Å²) in [7, 11) is 0. The summed E-state index contributed by atoms with van der Waals surface area (Å²) in [5.74, 6) is 1.85. The number of fused-ring (bicyclic) bond motifs is 5. The minimum Gasteiger partial charge on any atom is -0.462 e. The molecule has 8 atom stereocenters. The van der Waals surface area contributed by atoms with Gasteiger partial charge in [0.25, 0.3) is 0 Å². The van der Waals surface area contributed by atoms with Gasteiger partial charge in [-0.15, -0.1) is 0 Å². The molecule has 4 rings (SSSR count). The molecule has 0 spiro atoms. The molecule has 148 valence electrons. The molecule has 0 aromatic heterocycles. The highest BCUT2D eigenvalue weighted by molar-refractivity contribution is 5.66. The minimum absolute atomic E-state index is 0.0195. The van der Waals surface area contributed by atoms with Crippen LogP contribution < -0.4 is 0 Å². The Balaban J connectivity index is 1.74. The van der Waals surface area contributed by atoms with Gasteiger partial charge in [-0.05, 0) is 80.0 Å². The van der Waals surface area contributed by atoms with Crippen LogP contribution in [-0.2, 0) is 9.53 Å². The number of hydrogen-bond acceptors (Lipinski definition) is 4. The van der Waals surface area contributed by atoms with Crippen molar-refractivity contribution in [2.24, 2.45) is 34.5 Å². The number of nitriles is 1. The van der Waals surface area contributed by atoms with E-state index in [2.05, 4.69) is 19.9 Å². The first kappa shape index (κ1) is 19.0. The Hall–Kier alpha value is -1.34. The molecule has 0 unspecified atom stereocenters. The molecule has 4 aliphatic rings. The standard InChI is InChI=1S/C23H33NO3/c1-14(25)27-20-13-23(3)15(9-11-24)5-7-19(23)18-6-4-16-12-17(26)8-10-22(16,2)21(18)20/h9,16-21,26H,4-8,10,12-13H2,1-3H3/b15-9-/t16-,17-,18+,19+,20+,21-,22+,23-/m1/s1. The van der Waals surface area contributed by atoms with Gasteiger partial charge in [0.15, 0.2) is 0 Å². The highest BCUT2D eigenvalue weighted by Crippen LogP contribution is 2.67. The Bertz CT molecular complexity index is 694. The van der Waals surface area contributed by atoms with Gasteiger partial charge in [-0.2, -0.15) is 5.26 Å². The highest BCUT2D eigenvalue weighted by Gasteiger charge is 2.63. The molecule has 4 nitrogen and oxygen atoms in total. The monoisotopic (exact) mass is 371 g/mol. The molecule has 4 heteroatoms. The van der Waals surface area contributed by atoms with E-state index in [-0.39, 0.29) is 29.0 Å². The van der Waals surface area contributed by atoms with Gasteiger partial charge in [0.2, 0.25) is 0 Å². The molecule has 0 aliphatic heterocycles. The largest absolute Gasteiger partial charge is 0.462 e. The minimum atomic E-state index is -0.189. The molecular weight excluding hydrogens is 338 g/mol. The van der Waals surface area contributed by atoms with Crippen LogP contribution in [0.3, 0.4) is 0 Å². The zero-order chi connectivity index (χ0) is 19.4. The van der Waals surface area contributed by atoms with E-state index in [9.17, 15) is 15.2 Å². The topological polar surface area (TPSA) is 70.3 Å². The second-order valence-corrected chi connectivity index (χ2v) is 10.1. The van der Waals surface area contributed by atoms with Crippen LogP contribution in [0.4, 0.5) is 0 Å². The second-order valence-electron chi connectivity index (χ2n) is 10.1. The fourth-order valence-corrected chi connectivity index (χ4v) is 7.81. The van der Waals surface area contributed by atoms with Gasteiger partial charge in [-0.1, -0.05) is 19.4 Å². The van der Waals surface area contributed by atoms with Crippen LogP contribution in [0.1, 0.15) is 72.1 Å². The van der Waals surface area contributed by atoms with E-state index in [1.165, 1.54) is 18.9 Å². The van der Waals surface area contributed by atoms with Gasteiger partial charge in [-0.3, -0.25) is 4.79 Å². The van der Waals surface area contributed by atoms with Crippen LogP contribution in [0, 0.1) is 45.8 Å². The zero-order valence-electron chi connectivity index (χ0n) is 16.9. The number of aliphatic hydroxyl groups is 1. The first-order valence-corrected chi connectivity index (χ1v) is 10.7. The van der Waals surface area contributed by atoms with E-state index in [1.807, 2.05) is 0 Å². The molecule has 0 saturated heterocycles. The van der Waals surface area contributed by atoms with Crippen molar-refractivity contribution in [3.8, 4) is 6.07 Å². The normalized spacial score (nSPS) is 50.3. The van der Waals surface area contributed by atoms with Crippen molar-refractivity contribution in [1.82, 2.24) is 0 Å². The first-order chi connectivity index (χ1) is 12.8. The van der Waals surface area contributed by atoms with E-state index in [0.29, 0.717) is 23.7 Å². The van der Waals surface area contributed by atoms with Crippen LogP contribution in [-0.4, -0.2) is 23.3 Å². The van der Waals surface area contributed by atoms with E-state index < -0.39 is 0 Å². The van der Waals surface area contributed by atoms with Crippen LogP contribution in [0.15, 0.2) is 11.6 Å². The summed E-state index contributed by atoms with van der Waals surface area (Å²) in [6, 6.07) is 2.26. The lowest BCUT2D eigenvalue weighted by Crippen LogP contribution is -2.59. The van der Waals surface area contributed by atoms with Gasteiger partial charge in [0.05, 0.1) is 12.2 Å². The van der Waals surface area contributed by atoms with Crippen LogP contribution in [0.5, 0.6) is 0 Å². The molecule has 0 heterocycles. The summed E-state index contributed by atoms with van der Waals surface area (Å²) in [5.41, 5.74) is 1.39. The number of hydrogen-bond donors (Lipinski definition) is 1. The quantitative estimate of drug-likeness (QED) is 0.548. The molecule has 0 bridgehead atoms. The Labute approximate surface area is 163 Å². The summed E-state index contributed by atoms with van der Waals surface area (Å²) in [6.07, 6.45) is 9.65. The summed E-state index contributed by atoms with van der Waals surface area (Å²) >= 11 is 0. The van der Waals surface area contributed by atoms with Gasteiger partial charge < -0.3 is 9.84 Å². The molecule has 4 fully saturated rings. The molecule has 0 aromatic rings. The summed E-state index contributed by atoms with van der Waals surface area (Å²) in [6.45, 7) is 6.23. The van der Waals surface area contributed by atoms with Crippen molar-refractivity contribution < 1.29 is 14.6 Å². The Kier molecular flexibility index (Phi) is 4.66. The molecule has 4 aliphatic carbocycles. The molecular formula is C23H33NO3. The highest BCUT2D eigenvalue weighted by atomic mass is 16.5. The number of allylic oxidation sites excluding steroid dienone is 2. The lowest BCUT2D eigenvalue weighted by molar-refractivity contribution is -0.191. The number of aliphatic hydroxyl groups excluding tert-OH is 1. The van der Waals surface area contributed by atoms with Crippen LogP contribution >= 0.6 is 0 Å². The van der Waals surface area contributed by atoms with Gasteiger partial charge in [-0.25, -0.2) is 0 Å². The molecule has 1 N–H and O–H groups in total. The van der Waals surface area contributed by atoms with Crippen molar-refractivity contribution in [1.29, 1.82) is 5.26 Å². The van der Waals surface area contributed by atoms with Crippen molar-refractivity contribution in [3.63, 3.8) is 0 Å². The van der Waals surface area contributed by atoms with E-state index in [0.717, 1.165) is 44.9 Å². The smallest absolute Gasteiger partial charge is 0.302 e. The first-order valence-electron chi connectivity index (χ1n) is 10.7. The average molecular weight is 372 g/mol. The third-order valence-corrected chi connectivity index (χ3v) is 8.95. The predicted molar refractivity (Wildman–Crippen MR) is 102 cm³/mol. The van der Waals surface area contributed by atoms with Crippen molar-refractivity contribution in [3.05, 3.63) is 11.6 Å². The van der Waals surface area contributed by atoms with E-state index in [4.69, 9.17) is 4.74 Å². The maximum Gasteiger partial charge on any atom is 0.302 e. The average Bonchev–Trinajstić information content (AvgIpc) is 2.91. The maximum atomic E-state index is 12.0. The SMILES string of the molecule is CC(=O)O[C@H]1C[C@]2(C)/C(=C\C#N)CC[C@H]2[C@@H]2CC[C@@H]3C[C@H](O)CC[C@]3(C)[C@H]21. The Morgan fingerprint density at radius 2 is 2.07 bits per heavy atom. The number of ether oxygens (including phenoxy) is 1. The molecule has 4 saturated carbocycles. The summed E-state index contributed by atoms with van der Waals surface area (Å²) in [4.78, 5) is 12.0. The maximum absolute atomic E-state index is 12.0. The lowest BCUT2D eigenvalue weighted by Gasteiger charge is -2.62. The third kappa shape index (κ3) is 2.85. The molecule has 27 heavy (non-hydrogen) atoms. The van der Waals surface area contributed by atoms with Crippen molar-refractivity contribution in [2.45, 2.75) is 84.3 Å². The van der Waals surface area contributed by atoms with E-state index >= 15 is 0 Å². The number of nitrogens with zero attached hydrogens (tertiary/aromatic N) is 1. The number of carbonyl (C=O) groups excluding carboxylic acids is 1. The molecule has 0 amide bonds. The van der Waals surface area contributed by atoms with Gasteiger partial charge in [0, 0.05) is 18.9 Å². The second kappa shape index (κ2) is 6.62. The van der Waals surface area contributed by atoms with E-state index in [1.54, 1.807) is 6.08 Å². The van der Waals surface area contributed by atoms with Crippen molar-refractivity contribution >= 4 is 5.97 Å². The van der Waals surface area contributed by atoms with Crippen LogP contribution in [0.2, 0.25) is 0 Å². The summed E-state index contributed by atoms with van der Waals surface area (Å²) < 4.78 is 5.99.